The summed E-state index contributed by atoms with van der Waals surface area (Å²) < 4.78 is 11.0. The van der Waals surface area contributed by atoms with Gasteiger partial charge in [-0.05, 0) is 25.8 Å². The zero-order chi connectivity index (χ0) is 15.1. The van der Waals surface area contributed by atoms with Gasteiger partial charge in [0, 0.05) is 18.2 Å². The number of benzene rings is 1. The van der Waals surface area contributed by atoms with Gasteiger partial charge in [0.25, 0.3) is 0 Å². The quantitative estimate of drug-likeness (QED) is 0.771. The van der Waals surface area contributed by atoms with E-state index in [4.69, 9.17) is 14.6 Å². The highest BCUT2D eigenvalue weighted by Gasteiger charge is 2.17. The molecule has 1 aromatic carbocycles. The number of aliphatic carboxylic acids is 1. The summed E-state index contributed by atoms with van der Waals surface area (Å²) in [6.45, 7) is 2.72. The molecule has 0 radical (unpaired) electrons. The van der Waals surface area contributed by atoms with Crippen LogP contribution in [-0.4, -0.2) is 30.3 Å². The number of carbonyl (C=O) groups is 1. The van der Waals surface area contributed by atoms with Gasteiger partial charge in [0.2, 0.25) is 0 Å². The summed E-state index contributed by atoms with van der Waals surface area (Å²) in [5.74, 6) is 0.146. The molecule has 1 aliphatic rings. The highest BCUT2D eigenvalue weighted by molar-refractivity contribution is 5.68. The van der Waals surface area contributed by atoms with Gasteiger partial charge in [-0.2, -0.15) is 0 Å². The molecule has 1 fully saturated rings. The minimum Gasteiger partial charge on any atom is -0.490 e. The summed E-state index contributed by atoms with van der Waals surface area (Å²) in [6, 6.07) is 6.21. The van der Waals surface area contributed by atoms with Gasteiger partial charge in [0.05, 0.1) is 6.61 Å². The molecule has 2 rings (SSSR count). The summed E-state index contributed by atoms with van der Waals surface area (Å²) in [5, 5.41) is 12.3. The molecule has 1 aromatic rings. The third kappa shape index (κ3) is 4.63. The van der Waals surface area contributed by atoms with Gasteiger partial charge >= 0.3 is 5.97 Å². The zero-order valence-corrected chi connectivity index (χ0v) is 12.4. The van der Waals surface area contributed by atoms with E-state index < -0.39 is 5.97 Å². The number of hydrogen-bond acceptors (Lipinski definition) is 4. The Morgan fingerprint density at radius 1 is 1.33 bits per heavy atom. The molecule has 1 aliphatic carbocycles. The standard InChI is InChI=1S/C16H23NO4/c1-2-20-14-9-5-6-12(16(14)21-11-15(18)19)10-17-13-7-3-4-8-13/h5-6,9,13,17H,2-4,7-8,10-11H2,1H3,(H,18,19). The second-order valence-electron chi connectivity index (χ2n) is 5.22. The number of carboxylic acids is 1. The van der Waals surface area contributed by atoms with E-state index in [0.29, 0.717) is 30.7 Å². The van der Waals surface area contributed by atoms with Crippen molar-refractivity contribution in [3.63, 3.8) is 0 Å². The monoisotopic (exact) mass is 293 g/mol. The first-order chi connectivity index (χ1) is 10.2. The molecule has 21 heavy (non-hydrogen) atoms. The molecule has 0 spiro atoms. The summed E-state index contributed by atoms with van der Waals surface area (Å²) in [5.41, 5.74) is 0.939. The molecular weight excluding hydrogens is 270 g/mol. The summed E-state index contributed by atoms with van der Waals surface area (Å²) >= 11 is 0. The predicted molar refractivity (Wildman–Crippen MR) is 79.8 cm³/mol. The molecular formula is C16H23NO4. The predicted octanol–water partition coefficient (Wildman–Crippen LogP) is 2.58. The van der Waals surface area contributed by atoms with E-state index in [0.717, 1.165) is 5.56 Å². The normalized spacial score (nSPS) is 15.1. The van der Waals surface area contributed by atoms with Crippen molar-refractivity contribution in [2.45, 2.75) is 45.2 Å². The van der Waals surface area contributed by atoms with Crippen molar-refractivity contribution in [1.29, 1.82) is 0 Å². The van der Waals surface area contributed by atoms with Crippen molar-refractivity contribution < 1.29 is 19.4 Å². The smallest absolute Gasteiger partial charge is 0.341 e. The van der Waals surface area contributed by atoms with Gasteiger partial charge in [-0.1, -0.05) is 25.0 Å². The van der Waals surface area contributed by atoms with Gasteiger partial charge in [-0.15, -0.1) is 0 Å². The SMILES string of the molecule is CCOc1cccc(CNC2CCCC2)c1OCC(=O)O. The fourth-order valence-corrected chi connectivity index (χ4v) is 2.65. The maximum atomic E-state index is 10.7. The third-order valence-electron chi connectivity index (χ3n) is 3.64. The Kier molecular flexibility index (Phi) is 5.87. The lowest BCUT2D eigenvalue weighted by atomic mass is 10.1. The highest BCUT2D eigenvalue weighted by atomic mass is 16.5. The molecule has 0 bridgehead atoms. The summed E-state index contributed by atoms with van der Waals surface area (Å²) in [6.07, 6.45) is 4.96. The van der Waals surface area contributed by atoms with Gasteiger partial charge in [-0.25, -0.2) is 4.79 Å². The largest absolute Gasteiger partial charge is 0.490 e. The first-order valence-corrected chi connectivity index (χ1v) is 7.53. The third-order valence-corrected chi connectivity index (χ3v) is 3.64. The van der Waals surface area contributed by atoms with Crippen molar-refractivity contribution in [1.82, 2.24) is 5.32 Å². The average Bonchev–Trinajstić information content (AvgIpc) is 2.97. The van der Waals surface area contributed by atoms with E-state index in [9.17, 15) is 4.79 Å². The Labute approximate surface area is 125 Å². The minimum atomic E-state index is -0.990. The fourth-order valence-electron chi connectivity index (χ4n) is 2.65. The summed E-state index contributed by atoms with van der Waals surface area (Å²) in [4.78, 5) is 10.7. The van der Waals surface area contributed by atoms with Crippen LogP contribution < -0.4 is 14.8 Å². The number of para-hydroxylation sites is 1. The van der Waals surface area contributed by atoms with Gasteiger partial charge in [0.1, 0.15) is 0 Å². The molecule has 0 heterocycles. The highest BCUT2D eigenvalue weighted by Crippen LogP contribution is 2.32. The van der Waals surface area contributed by atoms with Crippen LogP contribution in [0.3, 0.4) is 0 Å². The molecule has 1 saturated carbocycles. The number of hydrogen-bond donors (Lipinski definition) is 2. The van der Waals surface area contributed by atoms with Crippen molar-refractivity contribution in [2.75, 3.05) is 13.2 Å². The molecule has 0 atom stereocenters. The molecule has 0 saturated heterocycles. The van der Waals surface area contributed by atoms with Crippen molar-refractivity contribution in [3.05, 3.63) is 23.8 Å². The number of rotatable bonds is 8. The van der Waals surface area contributed by atoms with Crippen LogP contribution in [0.1, 0.15) is 38.2 Å². The first kappa shape index (κ1) is 15.6. The van der Waals surface area contributed by atoms with Crippen LogP contribution in [0.25, 0.3) is 0 Å². The average molecular weight is 293 g/mol. The zero-order valence-electron chi connectivity index (χ0n) is 12.4. The van der Waals surface area contributed by atoms with Crippen LogP contribution in [-0.2, 0) is 11.3 Å². The molecule has 5 heteroatoms. The molecule has 116 valence electrons. The lowest BCUT2D eigenvalue weighted by molar-refractivity contribution is -0.139. The Balaban J connectivity index is 2.08. The second-order valence-corrected chi connectivity index (χ2v) is 5.22. The van der Waals surface area contributed by atoms with Crippen LogP contribution in [0.5, 0.6) is 11.5 Å². The minimum absolute atomic E-state index is 0.361. The van der Waals surface area contributed by atoms with Gasteiger partial charge < -0.3 is 19.9 Å². The summed E-state index contributed by atoms with van der Waals surface area (Å²) in [7, 11) is 0. The number of nitrogens with one attached hydrogen (secondary N) is 1. The van der Waals surface area contributed by atoms with E-state index in [-0.39, 0.29) is 6.61 Å². The Morgan fingerprint density at radius 3 is 2.76 bits per heavy atom. The van der Waals surface area contributed by atoms with E-state index in [1.165, 1.54) is 25.7 Å². The Morgan fingerprint density at radius 2 is 2.10 bits per heavy atom. The lowest BCUT2D eigenvalue weighted by Crippen LogP contribution is -2.25. The topological polar surface area (TPSA) is 67.8 Å². The molecule has 0 amide bonds. The van der Waals surface area contributed by atoms with E-state index in [2.05, 4.69) is 5.32 Å². The van der Waals surface area contributed by atoms with Crippen molar-refractivity contribution in [3.8, 4) is 11.5 Å². The Bertz CT molecular complexity index is 469. The van der Waals surface area contributed by atoms with Crippen LogP contribution in [0, 0.1) is 0 Å². The van der Waals surface area contributed by atoms with Crippen LogP contribution in [0.15, 0.2) is 18.2 Å². The van der Waals surface area contributed by atoms with Crippen molar-refractivity contribution >= 4 is 5.97 Å². The second kappa shape index (κ2) is 7.88. The Hall–Kier alpha value is -1.75. The van der Waals surface area contributed by atoms with E-state index in [1.54, 1.807) is 6.07 Å². The molecule has 2 N–H and O–H groups in total. The molecule has 0 unspecified atom stereocenters. The maximum Gasteiger partial charge on any atom is 0.341 e. The number of carboxylic acid groups (broad SMARTS) is 1. The molecule has 0 aromatic heterocycles. The first-order valence-electron chi connectivity index (χ1n) is 7.53. The van der Waals surface area contributed by atoms with E-state index in [1.807, 2.05) is 19.1 Å². The molecule has 5 nitrogen and oxygen atoms in total. The van der Waals surface area contributed by atoms with Gasteiger partial charge in [-0.3, -0.25) is 0 Å². The van der Waals surface area contributed by atoms with E-state index >= 15 is 0 Å². The van der Waals surface area contributed by atoms with Gasteiger partial charge in [0.15, 0.2) is 18.1 Å². The molecule has 0 aliphatic heterocycles. The number of ether oxygens (including phenoxy) is 2. The van der Waals surface area contributed by atoms with Crippen LogP contribution in [0.2, 0.25) is 0 Å². The maximum absolute atomic E-state index is 10.7. The van der Waals surface area contributed by atoms with Crippen LogP contribution >= 0.6 is 0 Å². The van der Waals surface area contributed by atoms with Crippen molar-refractivity contribution in [2.24, 2.45) is 0 Å². The fraction of sp³-hybridized carbons (Fsp3) is 0.562. The van der Waals surface area contributed by atoms with Crippen LogP contribution in [0.4, 0.5) is 0 Å². The lowest BCUT2D eigenvalue weighted by Gasteiger charge is -2.17.